The lowest BCUT2D eigenvalue weighted by molar-refractivity contribution is -0.115. The van der Waals surface area contributed by atoms with Crippen molar-refractivity contribution in [3.05, 3.63) is 64.7 Å². The smallest absolute Gasteiger partial charge is 0.228 e. The predicted molar refractivity (Wildman–Crippen MR) is 180 cm³/mol. The van der Waals surface area contributed by atoms with E-state index in [1.807, 2.05) is 42.1 Å². The van der Waals surface area contributed by atoms with Crippen molar-refractivity contribution in [1.82, 2.24) is 4.90 Å². The van der Waals surface area contributed by atoms with Gasteiger partial charge >= 0.3 is 0 Å². The summed E-state index contributed by atoms with van der Waals surface area (Å²) in [4.78, 5) is 16.5. The Kier molecular flexibility index (Phi) is 17.7. The van der Waals surface area contributed by atoms with Crippen LogP contribution in [0.25, 0.3) is 0 Å². The molecule has 0 spiro atoms. The van der Waals surface area contributed by atoms with Crippen LogP contribution in [0.15, 0.2) is 53.6 Å². The number of hydrogen-bond acceptors (Lipinski definition) is 5. The van der Waals surface area contributed by atoms with E-state index in [4.69, 9.17) is 9.47 Å². The van der Waals surface area contributed by atoms with E-state index >= 15 is 0 Å². The molecule has 2 aromatic carbocycles. The molecule has 0 saturated carbocycles. The van der Waals surface area contributed by atoms with Crippen LogP contribution in [0.1, 0.15) is 102 Å². The van der Waals surface area contributed by atoms with Crippen molar-refractivity contribution in [2.24, 2.45) is 0 Å². The molecule has 1 aliphatic rings. The van der Waals surface area contributed by atoms with Crippen LogP contribution in [0.3, 0.4) is 0 Å². The molecule has 3 rings (SSSR count). The van der Waals surface area contributed by atoms with Crippen LogP contribution in [-0.4, -0.2) is 30.4 Å². The van der Waals surface area contributed by atoms with E-state index in [1.54, 1.807) is 7.11 Å². The molecular formula is C34H51BrN2O3S. The van der Waals surface area contributed by atoms with Gasteiger partial charge in [0.1, 0.15) is 11.5 Å². The summed E-state index contributed by atoms with van der Waals surface area (Å²) in [7, 11) is 1.65. The van der Waals surface area contributed by atoms with E-state index < -0.39 is 0 Å². The Morgan fingerprint density at radius 1 is 0.902 bits per heavy atom. The molecule has 228 valence electrons. The number of nitrogens with one attached hydrogen (secondary N) is 1. The second-order valence-electron chi connectivity index (χ2n) is 10.9. The fourth-order valence-corrected chi connectivity index (χ4v) is 5.74. The average Bonchev–Trinajstić information content (AvgIpc) is 3.37. The van der Waals surface area contributed by atoms with Gasteiger partial charge in [-0.1, -0.05) is 95.8 Å². The summed E-state index contributed by atoms with van der Waals surface area (Å²) in [6.45, 7) is 5.95. The van der Waals surface area contributed by atoms with Crippen molar-refractivity contribution >= 4 is 40.3 Å². The van der Waals surface area contributed by atoms with E-state index in [0.29, 0.717) is 6.61 Å². The molecule has 2 aromatic rings. The first kappa shape index (κ1) is 35.1. The Labute approximate surface area is 263 Å². The number of thioether (sulfide) groups is 1. The van der Waals surface area contributed by atoms with E-state index in [1.165, 1.54) is 81.1 Å². The van der Waals surface area contributed by atoms with Gasteiger partial charge in [-0.05, 0) is 42.0 Å². The molecule has 1 aliphatic heterocycles. The zero-order valence-corrected chi connectivity index (χ0v) is 28.0. The van der Waals surface area contributed by atoms with Crippen LogP contribution in [0.2, 0.25) is 0 Å². The lowest BCUT2D eigenvalue weighted by Crippen LogP contribution is -2.16. The van der Waals surface area contributed by atoms with Gasteiger partial charge in [0.25, 0.3) is 0 Å². The molecule has 0 saturated heterocycles. The number of benzene rings is 2. The molecule has 0 aromatic heterocycles. The van der Waals surface area contributed by atoms with Crippen LogP contribution in [0.5, 0.6) is 11.5 Å². The number of hydrogen-bond donors (Lipinski definition) is 1. The first-order valence-electron chi connectivity index (χ1n) is 15.3. The normalized spacial score (nSPS) is 12.6. The molecule has 1 N–H and O–H groups in total. The maximum Gasteiger partial charge on any atom is 0.228 e. The van der Waals surface area contributed by atoms with E-state index in [9.17, 15) is 4.79 Å². The molecule has 0 unspecified atom stereocenters. The van der Waals surface area contributed by atoms with Crippen LogP contribution < -0.4 is 14.8 Å². The highest BCUT2D eigenvalue weighted by atomic mass is 79.9. The predicted octanol–water partition coefficient (Wildman–Crippen LogP) is 9.90. The Morgan fingerprint density at radius 2 is 1.54 bits per heavy atom. The summed E-state index contributed by atoms with van der Waals surface area (Å²) in [5, 5.41) is 3.04. The largest absolute Gasteiger partial charge is 0.497 e. The maximum absolute atomic E-state index is 12.9. The summed E-state index contributed by atoms with van der Waals surface area (Å²) >= 11 is 1.87. The van der Waals surface area contributed by atoms with Crippen LogP contribution >= 0.6 is 28.7 Å². The highest BCUT2D eigenvalue weighted by molar-refractivity contribution is 8.93. The summed E-state index contributed by atoms with van der Waals surface area (Å²) < 4.78 is 11.5. The number of methoxy groups -OCH3 is 1. The number of halogens is 1. The molecule has 1 amide bonds. The van der Waals surface area contributed by atoms with Crippen molar-refractivity contribution in [2.75, 3.05) is 24.9 Å². The Balaban J connectivity index is 0.00000588. The molecule has 5 nitrogen and oxygen atoms in total. The summed E-state index contributed by atoms with van der Waals surface area (Å²) in [6.07, 6.45) is 18.3. The third kappa shape index (κ3) is 14.1. The number of anilines is 1. The van der Waals surface area contributed by atoms with Gasteiger partial charge in [-0.25, -0.2) is 0 Å². The number of unbranched alkanes of at least 4 members (excludes halogenated alkanes) is 11. The number of nitrogens with zero attached hydrogens (tertiary/aromatic N) is 1. The summed E-state index contributed by atoms with van der Waals surface area (Å²) in [6, 6.07) is 13.8. The monoisotopic (exact) mass is 646 g/mol. The van der Waals surface area contributed by atoms with Crippen LogP contribution in [0, 0.1) is 0 Å². The van der Waals surface area contributed by atoms with Crippen molar-refractivity contribution in [3.8, 4) is 11.5 Å². The summed E-state index contributed by atoms with van der Waals surface area (Å²) in [5.74, 6) is 2.42. The molecule has 0 radical (unpaired) electrons. The lowest BCUT2D eigenvalue weighted by atomic mass is 10.1. The number of carbonyl (C=O) groups excluding carboxylic acids is 1. The Morgan fingerprint density at radius 3 is 2.12 bits per heavy atom. The maximum atomic E-state index is 12.9. The zero-order chi connectivity index (χ0) is 28.4. The Bertz CT molecular complexity index is 1040. The quantitative estimate of drug-likeness (QED) is 0.145. The van der Waals surface area contributed by atoms with Crippen LogP contribution in [-0.2, 0) is 17.8 Å². The molecule has 0 bridgehead atoms. The number of rotatable bonds is 20. The fourth-order valence-electron chi connectivity index (χ4n) is 4.98. The molecule has 0 atom stereocenters. The number of allylic oxidation sites excluding steroid dienone is 1. The first-order valence-corrected chi connectivity index (χ1v) is 16.3. The summed E-state index contributed by atoms with van der Waals surface area (Å²) in [5.41, 5.74) is 2.92. The third-order valence-electron chi connectivity index (χ3n) is 7.33. The van der Waals surface area contributed by atoms with Gasteiger partial charge in [-0.3, -0.25) is 4.79 Å². The standard InChI is InChI=1S/C34H50N2O3S.BrH/c1-4-5-6-7-8-9-10-11-12-13-14-15-22-39-33-24-32(38-3)21-18-30(33)23-34(37)35-31-19-16-29(17-20-31)26-36-25-28(2)40-27-36;/h16-21,24-25H,4-15,22-23,26-27H2,1-3H3,(H,35,37);1H. The van der Waals surface area contributed by atoms with Gasteiger partial charge in [0.05, 0.1) is 26.0 Å². The topological polar surface area (TPSA) is 50.8 Å². The van der Waals surface area contributed by atoms with Gasteiger partial charge in [0.15, 0.2) is 0 Å². The Hall–Kier alpha value is -2.12. The first-order chi connectivity index (χ1) is 19.6. The minimum Gasteiger partial charge on any atom is -0.497 e. The van der Waals surface area contributed by atoms with E-state index in [2.05, 4.69) is 42.4 Å². The molecule has 1 heterocycles. The van der Waals surface area contributed by atoms with Crippen molar-refractivity contribution < 1.29 is 14.3 Å². The van der Waals surface area contributed by atoms with Crippen molar-refractivity contribution in [2.45, 2.75) is 104 Å². The SMILES string of the molecule is Br.CCCCCCCCCCCCCCOc1cc(OC)ccc1CC(=O)Nc1ccc(CN2C=C(C)SC2)cc1. The molecule has 0 fully saturated rings. The van der Waals surface area contributed by atoms with E-state index in [0.717, 1.165) is 41.6 Å². The number of amides is 1. The van der Waals surface area contributed by atoms with Gasteiger partial charge in [-0.15, -0.1) is 28.7 Å². The second-order valence-corrected chi connectivity index (χ2v) is 12.1. The van der Waals surface area contributed by atoms with Gasteiger partial charge in [-0.2, -0.15) is 0 Å². The highest BCUT2D eigenvalue weighted by Gasteiger charge is 2.13. The van der Waals surface area contributed by atoms with Gasteiger partial charge in [0.2, 0.25) is 5.91 Å². The molecule has 0 aliphatic carbocycles. The average molecular weight is 648 g/mol. The van der Waals surface area contributed by atoms with E-state index in [-0.39, 0.29) is 29.3 Å². The molecule has 41 heavy (non-hydrogen) atoms. The lowest BCUT2D eigenvalue weighted by Gasteiger charge is -2.15. The van der Waals surface area contributed by atoms with Crippen molar-refractivity contribution in [3.63, 3.8) is 0 Å². The zero-order valence-electron chi connectivity index (χ0n) is 25.4. The van der Waals surface area contributed by atoms with Gasteiger partial charge in [0, 0.05) is 30.1 Å². The van der Waals surface area contributed by atoms with Crippen LogP contribution in [0.4, 0.5) is 5.69 Å². The molecular weight excluding hydrogens is 596 g/mol. The minimum atomic E-state index is -0.0531. The third-order valence-corrected chi connectivity index (χ3v) is 8.35. The molecule has 7 heteroatoms. The number of carbonyl (C=O) groups is 1. The fraction of sp³-hybridized carbons (Fsp3) is 0.559. The second kappa shape index (κ2) is 20.7. The number of ether oxygens (including phenoxy) is 2. The van der Waals surface area contributed by atoms with Gasteiger partial charge < -0.3 is 19.7 Å². The highest BCUT2D eigenvalue weighted by Crippen LogP contribution is 2.27. The van der Waals surface area contributed by atoms with Crippen molar-refractivity contribution in [1.29, 1.82) is 0 Å². The minimum absolute atomic E-state index is 0.